The zero-order valence-corrected chi connectivity index (χ0v) is 18.1. The molecule has 1 atom stereocenters. The number of benzene rings is 2. The van der Waals surface area contributed by atoms with Crippen LogP contribution >= 0.6 is 0 Å². The summed E-state index contributed by atoms with van der Waals surface area (Å²) in [5.41, 5.74) is 0.596. The molecule has 0 saturated carbocycles. The quantitative estimate of drug-likeness (QED) is 0.726. The number of ether oxygens (including phenoxy) is 1. The van der Waals surface area contributed by atoms with E-state index < -0.39 is 17.4 Å². The van der Waals surface area contributed by atoms with E-state index in [0.29, 0.717) is 36.8 Å². The van der Waals surface area contributed by atoms with Crippen LogP contribution in [0.1, 0.15) is 42.7 Å². The van der Waals surface area contributed by atoms with Crippen LogP contribution in [0.15, 0.2) is 48.5 Å². The van der Waals surface area contributed by atoms with Crippen molar-refractivity contribution in [3.63, 3.8) is 0 Å². The molecule has 0 radical (unpaired) electrons. The number of fused-ring (bicyclic) bond motifs is 2. The topological polar surface area (TPSA) is 61.9 Å². The van der Waals surface area contributed by atoms with Crippen LogP contribution in [0.25, 0.3) is 0 Å². The Morgan fingerprint density at radius 1 is 1.06 bits per heavy atom. The molecule has 0 bridgehead atoms. The Bertz CT molecular complexity index is 1010. The first-order valence-electron chi connectivity index (χ1n) is 11.4. The average Bonchev–Trinajstić information content (AvgIpc) is 3.05. The second-order valence-electron chi connectivity index (χ2n) is 8.91. The number of amides is 3. The van der Waals surface area contributed by atoms with Crippen LogP contribution in [0.4, 0.5) is 9.18 Å². The second-order valence-corrected chi connectivity index (χ2v) is 8.91. The fraction of sp³-hybridized carbons (Fsp3) is 0.440. The van der Waals surface area contributed by atoms with E-state index in [1.807, 2.05) is 6.07 Å². The third-order valence-corrected chi connectivity index (χ3v) is 7.03. The summed E-state index contributed by atoms with van der Waals surface area (Å²) in [6.07, 6.45) is 3.27. The summed E-state index contributed by atoms with van der Waals surface area (Å²) in [5, 5.41) is 2.84. The Balaban J connectivity index is 1.18. The highest BCUT2D eigenvalue weighted by Gasteiger charge is 2.54. The van der Waals surface area contributed by atoms with Gasteiger partial charge in [-0.15, -0.1) is 0 Å². The van der Waals surface area contributed by atoms with Crippen molar-refractivity contribution in [3.8, 4) is 5.75 Å². The van der Waals surface area contributed by atoms with Crippen molar-refractivity contribution in [1.29, 1.82) is 0 Å². The highest BCUT2D eigenvalue weighted by Crippen LogP contribution is 2.41. The highest BCUT2D eigenvalue weighted by atomic mass is 19.1. The van der Waals surface area contributed by atoms with Crippen molar-refractivity contribution < 1.29 is 18.7 Å². The zero-order valence-electron chi connectivity index (χ0n) is 18.1. The predicted molar refractivity (Wildman–Crippen MR) is 118 cm³/mol. The summed E-state index contributed by atoms with van der Waals surface area (Å²) in [4.78, 5) is 29.7. The minimum atomic E-state index is -1.22. The minimum Gasteiger partial charge on any atom is -0.493 e. The fourth-order valence-electron chi connectivity index (χ4n) is 5.26. The molecule has 6 nitrogen and oxygen atoms in total. The van der Waals surface area contributed by atoms with Gasteiger partial charge in [-0.3, -0.25) is 9.69 Å². The van der Waals surface area contributed by atoms with Gasteiger partial charge < -0.3 is 15.0 Å². The molecule has 3 heterocycles. The highest BCUT2D eigenvalue weighted by molar-refractivity contribution is 6.07. The molecular formula is C25H28FN3O3. The van der Waals surface area contributed by atoms with Gasteiger partial charge in [0.1, 0.15) is 11.6 Å². The van der Waals surface area contributed by atoms with Gasteiger partial charge >= 0.3 is 6.03 Å². The van der Waals surface area contributed by atoms with E-state index in [-0.39, 0.29) is 5.91 Å². The first-order valence-corrected chi connectivity index (χ1v) is 11.4. The molecule has 5 rings (SSSR count). The van der Waals surface area contributed by atoms with Crippen LogP contribution in [0.3, 0.4) is 0 Å². The van der Waals surface area contributed by atoms with E-state index in [9.17, 15) is 14.0 Å². The fourth-order valence-corrected chi connectivity index (χ4v) is 5.26. The van der Waals surface area contributed by atoms with Gasteiger partial charge in [0.05, 0.1) is 6.61 Å². The summed E-state index contributed by atoms with van der Waals surface area (Å²) in [5.74, 6) is 0.301. The lowest BCUT2D eigenvalue weighted by Crippen LogP contribution is -2.47. The third-order valence-electron chi connectivity index (χ3n) is 7.03. The minimum absolute atomic E-state index is 0.300. The molecule has 2 fully saturated rings. The molecule has 168 valence electrons. The van der Waals surface area contributed by atoms with Crippen molar-refractivity contribution in [2.45, 2.75) is 37.1 Å². The van der Waals surface area contributed by atoms with E-state index in [2.05, 4.69) is 34.5 Å². The summed E-state index contributed by atoms with van der Waals surface area (Å²) >= 11 is 0. The molecule has 1 spiro atoms. The Labute approximate surface area is 187 Å². The molecule has 3 aliphatic heterocycles. The lowest BCUT2D eigenvalue weighted by atomic mass is 9.84. The van der Waals surface area contributed by atoms with Gasteiger partial charge in [-0.1, -0.05) is 30.3 Å². The molecule has 0 aromatic heterocycles. The van der Waals surface area contributed by atoms with Crippen molar-refractivity contribution in [1.82, 2.24) is 15.1 Å². The van der Waals surface area contributed by atoms with Crippen LogP contribution < -0.4 is 10.1 Å². The molecule has 2 aromatic rings. The summed E-state index contributed by atoms with van der Waals surface area (Å²) in [6.45, 7) is 3.55. The van der Waals surface area contributed by atoms with Crippen LogP contribution in [0, 0.1) is 5.82 Å². The predicted octanol–water partition coefficient (Wildman–Crippen LogP) is 3.63. The number of halogens is 1. The number of carbonyl (C=O) groups is 2. The molecule has 1 unspecified atom stereocenters. The van der Waals surface area contributed by atoms with E-state index in [4.69, 9.17) is 4.74 Å². The zero-order chi connectivity index (χ0) is 22.1. The van der Waals surface area contributed by atoms with Gasteiger partial charge in [-0.25, -0.2) is 9.18 Å². The third kappa shape index (κ3) is 3.75. The van der Waals surface area contributed by atoms with Gasteiger partial charge in [0.2, 0.25) is 0 Å². The Morgan fingerprint density at radius 2 is 1.84 bits per heavy atom. The maximum Gasteiger partial charge on any atom is 0.325 e. The number of hydrogen-bond donors (Lipinski definition) is 1. The normalized spacial score (nSPS) is 23.8. The van der Waals surface area contributed by atoms with E-state index in [1.54, 1.807) is 0 Å². The number of urea groups is 1. The standard InChI is InChI=1S/C25H28FN3O3/c26-20-7-8-22-21(17-20)25(11-16-32-22)23(30)29(24(31)27-25)13-4-12-28-14-9-19(10-15-28)18-5-2-1-3-6-18/h1-3,5-8,17,19H,4,9-16H2,(H,27,31). The maximum absolute atomic E-state index is 13.9. The van der Waals surface area contributed by atoms with Crippen LogP contribution in [-0.4, -0.2) is 54.5 Å². The molecule has 2 saturated heterocycles. The number of nitrogens with zero attached hydrogens (tertiary/aromatic N) is 2. The van der Waals surface area contributed by atoms with E-state index in [0.717, 1.165) is 38.9 Å². The van der Waals surface area contributed by atoms with E-state index >= 15 is 0 Å². The number of imide groups is 1. The molecule has 32 heavy (non-hydrogen) atoms. The van der Waals surface area contributed by atoms with Crippen molar-refractivity contribution in [2.75, 3.05) is 32.8 Å². The van der Waals surface area contributed by atoms with Crippen molar-refractivity contribution >= 4 is 11.9 Å². The lowest BCUT2D eigenvalue weighted by molar-refractivity contribution is -0.132. The van der Waals surface area contributed by atoms with E-state index in [1.165, 1.54) is 28.7 Å². The maximum atomic E-state index is 13.9. The van der Waals surface area contributed by atoms with Gasteiger partial charge in [0, 0.05) is 18.5 Å². The summed E-state index contributed by atoms with van der Waals surface area (Å²) in [6, 6.07) is 14.4. The lowest BCUT2D eigenvalue weighted by Gasteiger charge is -2.33. The summed E-state index contributed by atoms with van der Waals surface area (Å²) in [7, 11) is 0. The van der Waals surface area contributed by atoms with Gasteiger partial charge in [0.25, 0.3) is 5.91 Å². The van der Waals surface area contributed by atoms with Crippen molar-refractivity contribution in [3.05, 3.63) is 65.5 Å². The summed E-state index contributed by atoms with van der Waals surface area (Å²) < 4.78 is 19.5. The SMILES string of the molecule is O=C1NC2(CCOc3ccc(F)cc32)C(=O)N1CCCN1CCC(c2ccccc2)CC1. The Hall–Kier alpha value is -2.93. The number of piperidine rings is 1. The monoisotopic (exact) mass is 437 g/mol. The molecule has 7 heteroatoms. The molecule has 1 N–H and O–H groups in total. The van der Waals surface area contributed by atoms with Gasteiger partial charge in [-0.05, 0) is 68.6 Å². The second kappa shape index (κ2) is 8.54. The van der Waals surface area contributed by atoms with Crippen LogP contribution in [0.5, 0.6) is 5.75 Å². The molecule has 0 aliphatic carbocycles. The van der Waals surface area contributed by atoms with Crippen molar-refractivity contribution in [2.24, 2.45) is 0 Å². The first-order chi connectivity index (χ1) is 15.6. The molecular weight excluding hydrogens is 409 g/mol. The van der Waals surface area contributed by atoms with Gasteiger partial charge in [-0.2, -0.15) is 0 Å². The Kier molecular flexibility index (Phi) is 5.59. The van der Waals surface area contributed by atoms with Crippen LogP contribution in [0.2, 0.25) is 0 Å². The number of rotatable bonds is 5. The molecule has 2 aromatic carbocycles. The Morgan fingerprint density at radius 3 is 2.62 bits per heavy atom. The number of carbonyl (C=O) groups excluding carboxylic acids is 2. The smallest absolute Gasteiger partial charge is 0.325 e. The van der Waals surface area contributed by atoms with Crippen LogP contribution in [-0.2, 0) is 10.3 Å². The van der Waals surface area contributed by atoms with Gasteiger partial charge in [0.15, 0.2) is 5.54 Å². The first kappa shape index (κ1) is 20.9. The number of nitrogens with one attached hydrogen (secondary N) is 1. The average molecular weight is 438 g/mol. The largest absolute Gasteiger partial charge is 0.493 e. The number of likely N-dealkylation sites (tertiary alicyclic amines) is 1. The molecule has 3 amide bonds. The molecule has 3 aliphatic rings. The number of hydrogen-bond acceptors (Lipinski definition) is 4.